The van der Waals surface area contributed by atoms with Crippen molar-refractivity contribution in [3.63, 3.8) is 0 Å². The van der Waals surface area contributed by atoms with Gasteiger partial charge in [0.05, 0.1) is 22.1 Å². The van der Waals surface area contributed by atoms with Crippen molar-refractivity contribution in [3.8, 4) is 0 Å². The first-order chi connectivity index (χ1) is 7.16. The van der Waals surface area contributed by atoms with Gasteiger partial charge >= 0.3 is 0 Å². The van der Waals surface area contributed by atoms with E-state index in [4.69, 9.17) is 4.74 Å². The van der Waals surface area contributed by atoms with Crippen LogP contribution in [-0.4, -0.2) is 36.6 Å². The van der Waals surface area contributed by atoms with E-state index in [0.717, 1.165) is 9.35 Å². The van der Waals surface area contributed by atoms with Crippen LogP contribution in [0, 0.1) is 0 Å². The van der Waals surface area contributed by atoms with Crippen LogP contribution in [0.4, 0.5) is 0 Å². The Morgan fingerprint density at radius 2 is 2.53 bits per heavy atom. The van der Waals surface area contributed by atoms with Crippen molar-refractivity contribution in [2.24, 2.45) is 0 Å². The summed E-state index contributed by atoms with van der Waals surface area (Å²) in [5.41, 5.74) is 0.765. The summed E-state index contributed by atoms with van der Waals surface area (Å²) in [7, 11) is 0. The first-order valence-electron chi connectivity index (χ1n) is 4.81. The fourth-order valence-corrected chi connectivity index (χ4v) is 2.74. The minimum absolute atomic E-state index is 0.104. The molecule has 1 aromatic heterocycles. The molecule has 1 atom stereocenters. The minimum atomic E-state index is 0.104. The third-order valence-corrected chi connectivity index (χ3v) is 3.85. The maximum Gasteiger partial charge on any atom is 0.254 e. The Kier molecular flexibility index (Phi) is 3.43. The van der Waals surface area contributed by atoms with Gasteiger partial charge in [-0.15, -0.1) is 11.3 Å². The van der Waals surface area contributed by atoms with Crippen molar-refractivity contribution in [1.82, 2.24) is 4.90 Å². The molecule has 0 unspecified atom stereocenters. The van der Waals surface area contributed by atoms with Gasteiger partial charge in [-0.2, -0.15) is 0 Å². The first kappa shape index (κ1) is 11.1. The molecule has 2 rings (SSSR count). The molecule has 15 heavy (non-hydrogen) atoms. The zero-order valence-corrected chi connectivity index (χ0v) is 10.8. The largest absolute Gasteiger partial charge is 0.375 e. The second kappa shape index (κ2) is 4.63. The fourth-order valence-electron chi connectivity index (χ4n) is 1.61. The van der Waals surface area contributed by atoms with Gasteiger partial charge in [0, 0.05) is 18.5 Å². The minimum Gasteiger partial charge on any atom is -0.375 e. The normalized spacial score (nSPS) is 21.7. The molecular weight excluding hydrogens is 278 g/mol. The van der Waals surface area contributed by atoms with E-state index in [9.17, 15) is 4.79 Å². The number of halogens is 1. The standard InChI is InChI=1S/C10H12BrNO2S/c1-7-5-12(2-3-14-7)10(13)8-4-9(11)15-6-8/h4,6-7H,2-3,5H2,1H3/t7-/m1/s1. The summed E-state index contributed by atoms with van der Waals surface area (Å²) in [5.74, 6) is 0.104. The average Bonchev–Trinajstić information content (AvgIpc) is 2.64. The third-order valence-electron chi connectivity index (χ3n) is 2.34. The van der Waals surface area contributed by atoms with Crippen LogP contribution in [0.15, 0.2) is 15.2 Å². The molecule has 0 N–H and O–H groups in total. The molecule has 2 heterocycles. The highest BCUT2D eigenvalue weighted by Gasteiger charge is 2.22. The topological polar surface area (TPSA) is 29.5 Å². The van der Waals surface area contributed by atoms with Crippen LogP contribution in [0.2, 0.25) is 0 Å². The Hall–Kier alpha value is -0.390. The number of ether oxygens (including phenoxy) is 1. The molecule has 1 aliphatic rings. The average molecular weight is 290 g/mol. The Morgan fingerprint density at radius 1 is 1.73 bits per heavy atom. The van der Waals surface area contributed by atoms with Gasteiger partial charge in [-0.1, -0.05) is 0 Å². The van der Waals surface area contributed by atoms with E-state index in [1.165, 1.54) is 11.3 Å². The molecule has 0 aliphatic carbocycles. The van der Waals surface area contributed by atoms with Crippen LogP contribution in [0.5, 0.6) is 0 Å². The van der Waals surface area contributed by atoms with Gasteiger partial charge in [0.2, 0.25) is 0 Å². The predicted molar refractivity (Wildman–Crippen MR) is 63.3 cm³/mol. The van der Waals surface area contributed by atoms with Crippen molar-refractivity contribution < 1.29 is 9.53 Å². The maximum absolute atomic E-state index is 12.0. The quantitative estimate of drug-likeness (QED) is 0.794. The lowest BCUT2D eigenvalue weighted by molar-refractivity contribution is -0.0124. The molecule has 0 radical (unpaired) electrons. The van der Waals surface area contributed by atoms with Crippen LogP contribution in [-0.2, 0) is 4.74 Å². The Balaban J connectivity index is 2.07. The molecule has 0 aromatic carbocycles. The number of carbonyl (C=O) groups excluding carboxylic acids is 1. The van der Waals surface area contributed by atoms with Crippen molar-refractivity contribution in [3.05, 3.63) is 20.8 Å². The van der Waals surface area contributed by atoms with E-state index >= 15 is 0 Å². The number of carbonyl (C=O) groups is 1. The number of rotatable bonds is 1. The van der Waals surface area contributed by atoms with Crippen LogP contribution >= 0.6 is 27.3 Å². The van der Waals surface area contributed by atoms with E-state index in [2.05, 4.69) is 15.9 Å². The van der Waals surface area contributed by atoms with Crippen molar-refractivity contribution >= 4 is 33.2 Å². The van der Waals surface area contributed by atoms with Crippen molar-refractivity contribution in [1.29, 1.82) is 0 Å². The van der Waals surface area contributed by atoms with E-state index in [1.54, 1.807) is 0 Å². The lowest BCUT2D eigenvalue weighted by Gasteiger charge is -2.30. The number of thiophene rings is 1. The predicted octanol–water partition coefficient (Wildman–Crippen LogP) is 2.37. The monoisotopic (exact) mass is 289 g/mol. The van der Waals surface area contributed by atoms with Gasteiger partial charge < -0.3 is 9.64 Å². The zero-order chi connectivity index (χ0) is 10.8. The molecule has 0 bridgehead atoms. The summed E-state index contributed by atoms with van der Waals surface area (Å²) in [6.45, 7) is 4.00. The molecule has 1 amide bonds. The molecule has 1 aromatic rings. The van der Waals surface area contributed by atoms with Gasteiger partial charge in [0.15, 0.2) is 0 Å². The fraction of sp³-hybridized carbons (Fsp3) is 0.500. The van der Waals surface area contributed by atoms with E-state index in [0.29, 0.717) is 19.7 Å². The summed E-state index contributed by atoms with van der Waals surface area (Å²) >= 11 is 4.89. The van der Waals surface area contributed by atoms with E-state index < -0.39 is 0 Å². The second-order valence-corrected chi connectivity index (χ2v) is 5.86. The SMILES string of the molecule is C[C@@H]1CN(C(=O)c2csc(Br)c2)CCO1. The van der Waals surface area contributed by atoms with E-state index in [-0.39, 0.29) is 12.0 Å². The lowest BCUT2D eigenvalue weighted by atomic mass is 10.2. The molecule has 1 fully saturated rings. The van der Waals surface area contributed by atoms with Gasteiger partial charge in [0.1, 0.15) is 0 Å². The third kappa shape index (κ3) is 2.59. The number of hydrogen-bond acceptors (Lipinski definition) is 3. The molecule has 1 saturated heterocycles. The Morgan fingerprint density at radius 3 is 3.13 bits per heavy atom. The van der Waals surface area contributed by atoms with Crippen molar-refractivity contribution in [2.45, 2.75) is 13.0 Å². The molecule has 1 aliphatic heterocycles. The first-order valence-corrected chi connectivity index (χ1v) is 6.49. The highest BCUT2D eigenvalue weighted by molar-refractivity contribution is 9.11. The Labute approximate surface area is 101 Å². The lowest BCUT2D eigenvalue weighted by Crippen LogP contribution is -2.44. The molecular formula is C10H12BrNO2S. The second-order valence-electron chi connectivity index (χ2n) is 3.57. The Bertz CT molecular complexity index is 366. The summed E-state index contributed by atoms with van der Waals surface area (Å²) in [6.07, 6.45) is 0.143. The van der Waals surface area contributed by atoms with Gasteiger partial charge in [0.25, 0.3) is 5.91 Å². The highest BCUT2D eigenvalue weighted by Crippen LogP contribution is 2.22. The van der Waals surface area contributed by atoms with Crippen LogP contribution in [0.3, 0.4) is 0 Å². The summed E-state index contributed by atoms with van der Waals surface area (Å²) in [5, 5.41) is 1.88. The molecule has 3 nitrogen and oxygen atoms in total. The molecule has 0 saturated carbocycles. The van der Waals surface area contributed by atoms with Gasteiger partial charge in [-0.3, -0.25) is 4.79 Å². The number of amides is 1. The molecule has 5 heteroatoms. The van der Waals surface area contributed by atoms with E-state index in [1.807, 2.05) is 23.3 Å². The number of hydrogen-bond donors (Lipinski definition) is 0. The molecule has 82 valence electrons. The zero-order valence-electron chi connectivity index (χ0n) is 8.40. The molecule has 0 spiro atoms. The van der Waals surface area contributed by atoms with Crippen LogP contribution in [0.1, 0.15) is 17.3 Å². The number of nitrogens with zero attached hydrogens (tertiary/aromatic N) is 1. The van der Waals surface area contributed by atoms with Crippen LogP contribution < -0.4 is 0 Å². The summed E-state index contributed by atoms with van der Waals surface area (Å²) < 4.78 is 6.39. The maximum atomic E-state index is 12.0. The highest BCUT2D eigenvalue weighted by atomic mass is 79.9. The van der Waals surface area contributed by atoms with Crippen LogP contribution in [0.25, 0.3) is 0 Å². The van der Waals surface area contributed by atoms with Gasteiger partial charge in [-0.25, -0.2) is 0 Å². The van der Waals surface area contributed by atoms with Crippen molar-refractivity contribution in [2.75, 3.05) is 19.7 Å². The smallest absolute Gasteiger partial charge is 0.254 e. The summed E-state index contributed by atoms with van der Waals surface area (Å²) in [6, 6.07) is 1.87. The number of morpholine rings is 1. The van der Waals surface area contributed by atoms with Gasteiger partial charge in [-0.05, 0) is 28.9 Å². The summed E-state index contributed by atoms with van der Waals surface area (Å²) in [4.78, 5) is 13.9.